The van der Waals surface area contributed by atoms with Gasteiger partial charge in [-0.2, -0.15) is 8.78 Å². The van der Waals surface area contributed by atoms with Crippen molar-refractivity contribution >= 4 is 10.0 Å². The summed E-state index contributed by atoms with van der Waals surface area (Å²) >= 11 is 0. The van der Waals surface area contributed by atoms with Crippen LogP contribution in [0.5, 0.6) is 0 Å². The van der Waals surface area contributed by atoms with Gasteiger partial charge in [0.25, 0.3) is 10.0 Å². The summed E-state index contributed by atoms with van der Waals surface area (Å²) in [7, 11) is -4.48. The molecule has 0 aromatic rings. The molecule has 1 aliphatic carbocycles. The molecule has 0 unspecified atom stereocenters. The van der Waals surface area contributed by atoms with E-state index in [9.17, 15) is 17.2 Å². The maximum absolute atomic E-state index is 11.9. The fourth-order valence-electron chi connectivity index (χ4n) is 1.48. The minimum absolute atomic E-state index is 0.410. The van der Waals surface area contributed by atoms with Crippen LogP contribution in [0.4, 0.5) is 8.78 Å². The van der Waals surface area contributed by atoms with Crippen molar-refractivity contribution in [1.29, 1.82) is 0 Å². The highest BCUT2D eigenvalue weighted by molar-refractivity contribution is 7.89. The van der Waals surface area contributed by atoms with E-state index in [-0.39, 0.29) is 0 Å². The van der Waals surface area contributed by atoms with Crippen LogP contribution in [0.15, 0.2) is 0 Å². The van der Waals surface area contributed by atoms with Crippen molar-refractivity contribution in [2.45, 2.75) is 43.6 Å². The fourth-order valence-corrected chi connectivity index (χ4v) is 2.28. The van der Waals surface area contributed by atoms with Crippen molar-refractivity contribution in [3.8, 4) is 0 Å². The molecule has 0 spiro atoms. The van der Waals surface area contributed by atoms with Gasteiger partial charge in [-0.1, -0.05) is 0 Å². The van der Waals surface area contributed by atoms with E-state index in [2.05, 4.69) is 0 Å². The van der Waals surface area contributed by atoms with Crippen molar-refractivity contribution in [1.82, 2.24) is 4.72 Å². The topological polar surface area (TPSA) is 66.4 Å². The third kappa shape index (κ3) is 3.14. The molecule has 0 aromatic carbocycles. The number of hydrogen-bond acceptors (Lipinski definition) is 3. The minimum atomic E-state index is -4.48. The molecule has 84 valence electrons. The molecule has 1 aliphatic rings. The summed E-state index contributed by atoms with van der Waals surface area (Å²) in [6.07, 6.45) is 1.30. The fraction of sp³-hybridized carbons (Fsp3) is 1.00. The zero-order valence-corrected chi connectivity index (χ0v) is 8.30. The van der Waals surface area contributed by atoms with Gasteiger partial charge in [0, 0.05) is 6.04 Å². The zero-order valence-electron chi connectivity index (χ0n) is 7.49. The van der Waals surface area contributed by atoms with Crippen LogP contribution in [-0.4, -0.2) is 31.4 Å². The standard InChI is InChI=1S/C7H13F2NO3S/c8-7(9)14(12,13)10-5-1-3-6(11)4-2-5/h5-7,10-11H,1-4H2. The predicted molar refractivity (Wildman–Crippen MR) is 46.3 cm³/mol. The Labute approximate surface area is 81.4 Å². The minimum Gasteiger partial charge on any atom is -0.393 e. The zero-order chi connectivity index (χ0) is 10.8. The Bertz CT molecular complexity index is 273. The molecule has 0 atom stereocenters. The lowest BCUT2D eigenvalue weighted by Gasteiger charge is -2.25. The molecule has 0 bridgehead atoms. The van der Waals surface area contributed by atoms with Crippen LogP contribution < -0.4 is 4.72 Å². The van der Waals surface area contributed by atoms with Gasteiger partial charge in [0.1, 0.15) is 0 Å². The van der Waals surface area contributed by atoms with Crippen LogP contribution in [0.1, 0.15) is 25.7 Å². The molecule has 0 aliphatic heterocycles. The Kier molecular flexibility index (Phi) is 3.79. The molecule has 0 saturated heterocycles. The second-order valence-electron chi connectivity index (χ2n) is 3.43. The molecule has 2 N–H and O–H groups in total. The Morgan fingerprint density at radius 1 is 1.21 bits per heavy atom. The highest BCUT2D eigenvalue weighted by atomic mass is 32.2. The smallest absolute Gasteiger partial charge is 0.350 e. The average Bonchev–Trinajstić information content (AvgIpc) is 2.08. The summed E-state index contributed by atoms with van der Waals surface area (Å²) in [5, 5.41) is 9.11. The SMILES string of the molecule is O=S(=O)(NC1CCC(O)CC1)C(F)F. The quantitative estimate of drug-likeness (QED) is 0.737. The normalized spacial score (nSPS) is 29.4. The molecule has 1 saturated carbocycles. The Balaban J connectivity index is 2.46. The van der Waals surface area contributed by atoms with Gasteiger partial charge in [0.05, 0.1) is 6.10 Å². The summed E-state index contributed by atoms with van der Waals surface area (Å²) in [5.41, 5.74) is 0. The van der Waals surface area contributed by atoms with Crippen LogP contribution in [0, 0.1) is 0 Å². The van der Waals surface area contributed by atoms with E-state index in [1.807, 2.05) is 4.72 Å². The van der Waals surface area contributed by atoms with Crippen LogP contribution in [0.25, 0.3) is 0 Å². The van der Waals surface area contributed by atoms with Crippen molar-refractivity contribution in [3.63, 3.8) is 0 Å². The summed E-state index contributed by atoms with van der Waals surface area (Å²) < 4.78 is 47.3. The molecule has 0 aromatic heterocycles. The second kappa shape index (κ2) is 4.50. The lowest BCUT2D eigenvalue weighted by molar-refractivity contribution is 0.120. The number of alkyl halides is 2. The number of halogens is 2. The van der Waals surface area contributed by atoms with E-state index in [0.29, 0.717) is 25.7 Å². The lowest BCUT2D eigenvalue weighted by Crippen LogP contribution is -2.41. The number of rotatable bonds is 3. The molecule has 4 nitrogen and oxygen atoms in total. The van der Waals surface area contributed by atoms with Crippen molar-refractivity contribution in [2.24, 2.45) is 0 Å². The molecule has 1 rings (SSSR count). The van der Waals surface area contributed by atoms with Gasteiger partial charge >= 0.3 is 5.76 Å². The predicted octanol–water partition coefficient (Wildman–Crippen LogP) is 0.432. The van der Waals surface area contributed by atoms with E-state index < -0.39 is 27.9 Å². The molecule has 0 radical (unpaired) electrons. The average molecular weight is 229 g/mol. The van der Waals surface area contributed by atoms with Crippen molar-refractivity contribution in [3.05, 3.63) is 0 Å². The third-order valence-corrected chi connectivity index (χ3v) is 3.39. The largest absolute Gasteiger partial charge is 0.393 e. The van der Waals surface area contributed by atoms with E-state index >= 15 is 0 Å². The summed E-state index contributed by atoms with van der Waals surface area (Å²) in [5.74, 6) is -3.38. The first-order chi connectivity index (χ1) is 6.42. The van der Waals surface area contributed by atoms with Gasteiger partial charge < -0.3 is 5.11 Å². The molecule has 7 heteroatoms. The lowest BCUT2D eigenvalue weighted by atomic mass is 9.94. The molecular weight excluding hydrogens is 216 g/mol. The van der Waals surface area contributed by atoms with E-state index in [4.69, 9.17) is 5.11 Å². The number of aliphatic hydroxyl groups is 1. The van der Waals surface area contributed by atoms with Gasteiger partial charge in [-0.3, -0.25) is 0 Å². The van der Waals surface area contributed by atoms with Crippen LogP contribution >= 0.6 is 0 Å². The molecule has 0 amide bonds. The molecule has 14 heavy (non-hydrogen) atoms. The van der Waals surface area contributed by atoms with Gasteiger partial charge in [-0.05, 0) is 25.7 Å². The summed E-state index contributed by atoms with van der Waals surface area (Å²) in [4.78, 5) is 0. The first-order valence-electron chi connectivity index (χ1n) is 4.39. The van der Waals surface area contributed by atoms with Gasteiger partial charge in [-0.15, -0.1) is 0 Å². The van der Waals surface area contributed by atoms with Crippen molar-refractivity contribution < 1.29 is 22.3 Å². The van der Waals surface area contributed by atoms with E-state index in [0.717, 1.165) is 0 Å². The Morgan fingerprint density at radius 2 is 1.71 bits per heavy atom. The highest BCUT2D eigenvalue weighted by Crippen LogP contribution is 2.19. The van der Waals surface area contributed by atoms with Gasteiger partial charge in [-0.25, -0.2) is 13.1 Å². The van der Waals surface area contributed by atoms with Crippen LogP contribution in [0.2, 0.25) is 0 Å². The maximum atomic E-state index is 11.9. The van der Waals surface area contributed by atoms with Gasteiger partial charge in [0.15, 0.2) is 0 Å². The van der Waals surface area contributed by atoms with Crippen molar-refractivity contribution in [2.75, 3.05) is 0 Å². The van der Waals surface area contributed by atoms with E-state index in [1.54, 1.807) is 0 Å². The summed E-state index contributed by atoms with van der Waals surface area (Å²) in [6.45, 7) is 0. The first kappa shape index (κ1) is 11.8. The van der Waals surface area contributed by atoms with Gasteiger partial charge in [0.2, 0.25) is 0 Å². The second-order valence-corrected chi connectivity index (χ2v) is 5.11. The molecule has 0 heterocycles. The number of hydrogen-bond donors (Lipinski definition) is 2. The molecule has 1 fully saturated rings. The number of nitrogens with one attached hydrogen (secondary N) is 1. The van der Waals surface area contributed by atoms with Crippen LogP contribution in [0.3, 0.4) is 0 Å². The third-order valence-electron chi connectivity index (χ3n) is 2.26. The Hall–Kier alpha value is -0.270. The molecular formula is C7H13F2NO3S. The first-order valence-corrected chi connectivity index (χ1v) is 5.94. The van der Waals surface area contributed by atoms with Crippen LogP contribution in [-0.2, 0) is 10.0 Å². The maximum Gasteiger partial charge on any atom is 0.350 e. The van der Waals surface area contributed by atoms with E-state index in [1.165, 1.54) is 0 Å². The highest BCUT2D eigenvalue weighted by Gasteiger charge is 2.29. The summed E-state index contributed by atoms with van der Waals surface area (Å²) in [6, 6.07) is -0.461. The number of sulfonamides is 1. The Morgan fingerprint density at radius 3 is 2.14 bits per heavy atom. The number of aliphatic hydroxyl groups excluding tert-OH is 1. The monoisotopic (exact) mass is 229 g/mol.